The molecule has 4 nitrogen and oxygen atoms in total. The van der Waals surface area contributed by atoms with Crippen LogP contribution in [-0.2, 0) is 11.2 Å². The topological polar surface area (TPSA) is 54.9 Å². The minimum Gasteiger partial charge on any atom is -0.349 e. The lowest BCUT2D eigenvalue weighted by Crippen LogP contribution is -2.32. The van der Waals surface area contributed by atoms with E-state index in [0.717, 1.165) is 27.6 Å². The molecule has 0 fully saturated rings. The number of rotatable bonds is 5. The molecule has 0 unspecified atom stereocenters. The average molecular weight is 331 g/mol. The van der Waals surface area contributed by atoms with E-state index in [9.17, 15) is 4.79 Å². The van der Waals surface area contributed by atoms with Crippen molar-refractivity contribution < 1.29 is 4.79 Å². The highest BCUT2D eigenvalue weighted by Gasteiger charge is 2.22. The van der Waals surface area contributed by atoms with Crippen LogP contribution in [0.1, 0.15) is 54.4 Å². The average Bonchev–Trinajstić information content (AvgIpc) is 2.75. The summed E-state index contributed by atoms with van der Waals surface area (Å²) in [5.41, 5.74) is 2.04. The van der Waals surface area contributed by atoms with Crippen LogP contribution in [0.25, 0.3) is 0 Å². The van der Waals surface area contributed by atoms with E-state index in [2.05, 4.69) is 36.1 Å². The van der Waals surface area contributed by atoms with Crippen molar-refractivity contribution in [1.29, 1.82) is 0 Å². The molecule has 0 radical (unpaired) electrons. The number of hydrogen-bond acceptors (Lipinski definition) is 4. The predicted octanol–water partition coefficient (Wildman–Crippen LogP) is 3.99. The smallest absolute Gasteiger partial charge is 0.226 e. The number of thiazole rings is 1. The maximum atomic E-state index is 12.5. The Morgan fingerprint density at radius 2 is 2.09 bits per heavy atom. The van der Waals surface area contributed by atoms with Crippen molar-refractivity contribution in [1.82, 2.24) is 15.3 Å². The van der Waals surface area contributed by atoms with Gasteiger partial charge in [0.05, 0.1) is 23.2 Å². The van der Waals surface area contributed by atoms with Crippen LogP contribution in [0, 0.1) is 19.3 Å². The van der Waals surface area contributed by atoms with Crippen molar-refractivity contribution in [2.45, 2.75) is 53.5 Å². The molecule has 0 aliphatic carbocycles. The van der Waals surface area contributed by atoms with Gasteiger partial charge in [-0.15, -0.1) is 11.3 Å². The van der Waals surface area contributed by atoms with Crippen LogP contribution in [0.4, 0.5) is 0 Å². The molecule has 1 atom stereocenters. The van der Waals surface area contributed by atoms with Crippen LogP contribution in [0.2, 0.25) is 0 Å². The third-order valence-corrected chi connectivity index (χ3v) is 4.49. The van der Waals surface area contributed by atoms with E-state index < -0.39 is 0 Å². The van der Waals surface area contributed by atoms with Gasteiger partial charge in [0.15, 0.2) is 0 Å². The lowest BCUT2D eigenvalue weighted by molar-refractivity contribution is -0.121. The molecule has 5 heteroatoms. The Morgan fingerprint density at radius 3 is 2.61 bits per heavy atom. The number of amides is 1. The minimum atomic E-state index is -0.0313. The van der Waals surface area contributed by atoms with Gasteiger partial charge in [0, 0.05) is 17.3 Å². The molecule has 2 aromatic rings. The molecule has 0 saturated carbocycles. The van der Waals surface area contributed by atoms with Gasteiger partial charge in [-0.25, -0.2) is 4.98 Å². The molecule has 2 rings (SSSR count). The Kier molecular flexibility index (Phi) is 5.52. The summed E-state index contributed by atoms with van der Waals surface area (Å²) in [4.78, 5) is 22.2. The molecule has 0 bridgehead atoms. The van der Waals surface area contributed by atoms with Gasteiger partial charge in [-0.2, -0.15) is 0 Å². The summed E-state index contributed by atoms with van der Waals surface area (Å²) in [7, 11) is 0. The first kappa shape index (κ1) is 17.6. The molecule has 124 valence electrons. The molecule has 2 aromatic heterocycles. The lowest BCUT2D eigenvalue weighted by Gasteiger charge is -2.27. The highest BCUT2D eigenvalue weighted by Crippen LogP contribution is 2.29. The zero-order valence-electron chi connectivity index (χ0n) is 14.5. The largest absolute Gasteiger partial charge is 0.349 e. The third kappa shape index (κ3) is 5.43. The second kappa shape index (κ2) is 7.21. The normalized spacial score (nSPS) is 12.9. The van der Waals surface area contributed by atoms with Gasteiger partial charge in [-0.1, -0.05) is 26.8 Å². The standard InChI is InChI=1S/C18H25N3OS/c1-12-15(20-13(2)23-12)9-17(22)21-16(10-18(3,4)5)14-7-6-8-19-11-14/h6-8,11,16H,9-10H2,1-5H3,(H,21,22)/t16-/m1/s1. The highest BCUT2D eigenvalue weighted by molar-refractivity contribution is 7.11. The van der Waals surface area contributed by atoms with Gasteiger partial charge in [0.1, 0.15) is 0 Å². The zero-order chi connectivity index (χ0) is 17.0. The fraction of sp³-hybridized carbons (Fsp3) is 0.500. The van der Waals surface area contributed by atoms with Crippen LogP contribution in [0.3, 0.4) is 0 Å². The van der Waals surface area contributed by atoms with Crippen molar-refractivity contribution in [2.75, 3.05) is 0 Å². The zero-order valence-corrected chi connectivity index (χ0v) is 15.3. The molecule has 0 aliphatic heterocycles. The molecule has 1 amide bonds. The molecule has 0 aliphatic rings. The minimum absolute atomic E-state index is 0.0107. The Balaban J connectivity index is 2.11. The Bertz CT molecular complexity index is 659. The quantitative estimate of drug-likeness (QED) is 0.901. The summed E-state index contributed by atoms with van der Waals surface area (Å²) in [5, 5.41) is 4.16. The van der Waals surface area contributed by atoms with Gasteiger partial charge in [-0.3, -0.25) is 9.78 Å². The molecule has 2 heterocycles. The number of aryl methyl sites for hydroxylation is 2. The number of aromatic nitrogens is 2. The van der Waals surface area contributed by atoms with Crippen LogP contribution in [0.15, 0.2) is 24.5 Å². The SMILES string of the molecule is Cc1nc(CC(=O)N[C@H](CC(C)(C)C)c2cccnc2)c(C)s1. The molecular formula is C18H25N3OS. The summed E-state index contributed by atoms with van der Waals surface area (Å²) >= 11 is 1.64. The summed E-state index contributed by atoms with van der Waals surface area (Å²) in [6, 6.07) is 3.89. The Labute approximate surface area is 142 Å². The maximum absolute atomic E-state index is 12.5. The lowest BCUT2D eigenvalue weighted by atomic mass is 9.86. The third-order valence-electron chi connectivity index (χ3n) is 3.57. The van der Waals surface area contributed by atoms with E-state index >= 15 is 0 Å². The second-order valence-corrected chi connectivity index (χ2v) is 8.49. The van der Waals surface area contributed by atoms with Gasteiger partial charge in [0.2, 0.25) is 5.91 Å². The van der Waals surface area contributed by atoms with Gasteiger partial charge >= 0.3 is 0 Å². The first-order valence-corrected chi connectivity index (χ1v) is 8.68. The van der Waals surface area contributed by atoms with Crippen molar-refractivity contribution in [2.24, 2.45) is 5.41 Å². The van der Waals surface area contributed by atoms with Crippen LogP contribution >= 0.6 is 11.3 Å². The number of pyridine rings is 1. The van der Waals surface area contributed by atoms with Crippen LogP contribution in [0.5, 0.6) is 0 Å². The number of carbonyl (C=O) groups is 1. The molecular weight excluding hydrogens is 306 g/mol. The number of carbonyl (C=O) groups excluding carboxylic acids is 1. The summed E-state index contributed by atoms with van der Waals surface area (Å²) in [6.45, 7) is 10.5. The van der Waals surface area contributed by atoms with E-state index in [1.54, 1.807) is 17.5 Å². The number of nitrogens with one attached hydrogen (secondary N) is 1. The molecule has 0 saturated heterocycles. The predicted molar refractivity (Wildman–Crippen MR) is 94.5 cm³/mol. The second-order valence-electron chi connectivity index (χ2n) is 7.08. The van der Waals surface area contributed by atoms with Gasteiger partial charge in [0.25, 0.3) is 0 Å². The monoisotopic (exact) mass is 331 g/mol. The van der Waals surface area contributed by atoms with E-state index in [4.69, 9.17) is 0 Å². The molecule has 1 N–H and O–H groups in total. The van der Waals surface area contributed by atoms with Gasteiger partial charge in [-0.05, 0) is 37.3 Å². The van der Waals surface area contributed by atoms with E-state index in [-0.39, 0.29) is 17.4 Å². The molecule has 0 aromatic carbocycles. The first-order chi connectivity index (χ1) is 10.7. The number of nitrogens with zero attached hydrogens (tertiary/aromatic N) is 2. The Morgan fingerprint density at radius 1 is 1.35 bits per heavy atom. The van der Waals surface area contributed by atoms with Crippen LogP contribution < -0.4 is 5.32 Å². The fourth-order valence-corrected chi connectivity index (χ4v) is 3.41. The molecule has 0 spiro atoms. The van der Waals surface area contributed by atoms with Crippen molar-refractivity contribution in [3.8, 4) is 0 Å². The summed E-state index contributed by atoms with van der Waals surface area (Å²) in [5.74, 6) is 0.0107. The van der Waals surface area contributed by atoms with Crippen molar-refractivity contribution in [3.63, 3.8) is 0 Å². The summed E-state index contributed by atoms with van der Waals surface area (Å²) in [6.07, 6.45) is 4.77. The Hall–Kier alpha value is -1.75. The van der Waals surface area contributed by atoms with E-state index in [0.29, 0.717) is 6.42 Å². The van der Waals surface area contributed by atoms with E-state index in [1.165, 1.54) is 0 Å². The summed E-state index contributed by atoms with van der Waals surface area (Å²) < 4.78 is 0. The van der Waals surface area contributed by atoms with Crippen molar-refractivity contribution in [3.05, 3.63) is 45.7 Å². The van der Waals surface area contributed by atoms with Crippen molar-refractivity contribution >= 4 is 17.2 Å². The maximum Gasteiger partial charge on any atom is 0.226 e. The van der Waals surface area contributed by atoms with Gasteiger partial charge < -0.3 is 5.32 Å². The van der Waals surface area contributed by atoms with Crippen LogP contribution in [-0.4, -0.2) is 15.9 Å². The fourth-order valence-electron chi connectivity index (χ4n) is 2.58. The number of hydrogen-bond donors (Lipinski definition) is 1. The van der Waals surface area contributed by atoms with E-state index in [1.807, 2.05) is 32.2 Å². The molecule has 23 heavy (non-hydrogen) atoms. The highest BCUT2D eigenvalue weighted by atomic mass is 32.1. The first-order valence-electron chi connectivity index (χ1n) is 7.87.